The van der Waals surface area contributed by atoms with Crippen LogP contribution in [0.15, 0.2) is 18.7 Å². The topological polar surface area (TPSA) is 79.7 Å². The fraction of sp³-hybridized carbons (Fsp3) is 0.611. The highest BCUT2D eigenvalue weighted by Crippen LogP contribution is 2.43. The summed E-state index contributed by atoms with van der Waals surface area (Å²) in [4.78, 5) is 13.0. The SMILES string of the molecule is Cn1cnc(Nc2ncc(Cl)c(NC3CCC4(CCNCC4)CC3)n2)c1. The van der Waals surface area contributed by atoms with E-state index in [-0.39, 0.29) is 0 Å². The van der Waals surface area contributed by atoms with Crippen LogP contribution >= 0.6 is 11.6 Å². The summed E-state index contributed by atoms with van der Waals surface area (Å²) in [5.74, 6) is 1.92. The van der Waals surface area contributed by atoms with Crippen LogP contribution < -0.4 is 16.0 Å². The van der Waals surface area contributed by atoms with E-state index in [1.54, 1.807) is 12.5 Å². The van der Waals surface area contributed by atoms with Gasteiger partial charge in [-0.3, -0.25) is 0 Å². The number of nitrogens with one attached hydrogen (secondary N) is 3. The molecular formula is C18H26ClN7. The lowest BCUT2D eigenvalue weighted by Crippen LogP contribution is -2.41. The molecule has 1 spiro atoms. The second-order valence-electron chi connectivity index (χ2n) is 7.61. The minimum absolute atomic E-state index is 0.422. The Labute approximate surface area is 159 Å². The zero-order valence-electron chi connectivity index (χ0n) is 15.1. The average molecular weight is 376 g/mol. The van der Waals surface area contributed by atoms with E-state index >= 15 is 0 Å². The molecule has 0 unspecified atom stereocenters. The van der Waals surface area contributed by atoms with Crippen molar-refractivity contribution >= 4 is 29.2 Å². The number of anilines is 3. The summed E-state index contributed by atoms with van der Waals surface area (Å²) in [6.07, 6.45) is 12.8. The number of aromatic nitrogens is 4. The van der Waals surface area contributed by atoms with Gasteiger partial charge in [0.2, 0.25) is 5.95 Å². The Morgan fingerprint density at radius 2 is 1.96 bits per heavy atom. The molecule has 4 rings (SSSR count). The summed E-state index contributed by atoms with van der Waals surface area (Å²) < 4.78 is 1.87. The van der Waals surface area contributed by atoms with Crippen molar-refractivity contribution in [2.45, 2.75) is 44.6 Å². The number of piperidine rings is 1. The normalized spacial score (nSPS) is 20.2. The van der Waals surface area contributed by atoms with E-state index in [4.69, 9.17) is 11.6 Å². The largest absolute Gasteiger partial charge is 0.366 e. The van der Waals surface area contributed by atoms with Crippen molar-refractivity contribution < 1.29 is 0 Å². The van der Waals surface area contributed by atoms with Gasteiger partial charge in [-0.2, -0.15) is 4.98 Å². The van der Waals surface area contributed by atoms with E-state index in [9.17, 15) is 0 Å². The highest BCUT2D eigenvalue weighted by atomic mass is 35.5. The van der Waals surface area contributed by atoms with E-state index in [0.717, 1.165) is 0 Å². The molecule has 0 amide bonds. The molecule has 2 aromatic heterocycles. The minimum atomic E-state index is 0.422. The van der Waals surface area contributed by atoms with Gasteiger partial charge in [-0.1, -0.05) is 11.6 Å². The molecule has 1 aliphatic carbocycles. The van der Waals surface area contributed by atoms with Gasteiger partial charge in [0.1, 0.15) is 5.02 Å². The van der Waals surface area contributed by atoms with E-state index in [1.165, 1.54) is 51.6 Å². The molecule has 26 heavy (non-hydrogen) atoms. The molecular weight excluding hydrogens is 350 g/mol. The van der Waals surface area contributed by atoms with E-state index < -0.39 is 0 Å². The number of imidazole rings is 1. The molecule has 0 bridgehead atoms. The number of aryl methyl sites for hydroxylation is 1. The molecule has 1 saturated carbocycles. The Balaban J connectivity index is 1.39. The molecule has 140 valence electrons. The Kier molecular flexibility index (Phi) is 5.00. The molecule has 2 fully saturated rings. The van der Waals surface area contributed by atoms with Crippen molar-refractivity contribution in [1.82, 2.24) is 24.8 Å². The van der Waals surface area contributed by atoms with Crippen molar-refractivity contribution in [1.29, 1.82) is 0 Å². The number of nitrogens with zero attached hydrogens (tertiary/aromatic N) is 4. The Hall–Kier alpha value is -1.86. The van der Waals surface area contributed by atoms with Gasteiger partial charge in [-0.25, -0.2) is 9.97 Å². The van der Waals surface area contributed by atoms with E-state index in [1.807, 2.05) is 17.8 Å². The molecule has 2 aromatic rings. The van der Waals surface area contributed by atoms with Crippen LogP contribution in [0.4, 0.5) is 17.6 Å². The molecule has 0 radical (unpaired) electrons. The van der Waals surface area contributed by atoms with Gasteiger partial charge < -0.3 is 20.5 Å². The number of hydrogen-bond donors (Lipinski definition) is 3. The van der Waals surface area contributed by atoms with Gasteiger partial charge in [0.25, 0.3) is 0 Å². The molecule has 2 aliphatic rings. The maximum atomic E-state index is 6.32. The van der Waals surface area contributed by atoms with Gasteiger partial charge in [0.15, 0.2) is 11.6 Å². The van der Waals surface area contributed by atoms with Gasteiger partial charge >= 0.3 is 0 Å². The third kappa shape index (κ3) is 3.94. The lowest BCUT2D eigenvalue weighted by Gasteiger charge is -2.43. The number of rotatable bonds is 4. The smallest absolute Gasteiger partial charge is 0.230 e. The predicted octanol–water partition coefficient (Wildman–Crippen LogP) is 3.33. The van der Waals surface area contributed by atoms with Crippen LogP contribution in [0.2, 0.25) is 5.02 Å². The monoisotopic (exact) mass is 375 g/mol. The number of halogens is 1. The standard InChI is InChI=1S/C18H26ClN7/c1-26-11-15(22-12-26)24-17-21-10-14(19)16(25-17)23-13-2-4-18(5-3-13)6-8-20-9-7-18/h10-13,20H,2-9H2,1H3,(H2,21,23,24,25). The van der Waals surface area contributed by atoms with Crippen LogP contribution in [0, 0.1) is 5.41 Å². The first kappa shape index (κ1) is 17.5. The average Bonchev–Trinajstić information content (AvgIpc) is 3.05. The fourth-order valence-electron chi connectivity index (χ4n) is 4.15. The molecule has 0 atom stereocenters. The maximum Gasteiger partial charge on any atom is 0.230 e. The van der Waals surface area contributed by atoms with Crippen molar-refractivity contribution in [3.63, 3.8) is 0 Å². The molecule has 3 heterocycles. The Morgan fingerprint density at radius 3 is 2.65 bits per heavy atom. The zero-order valence-corrected chi connectivity index (χ0v) is 15.9. The third-order valence-electron chi connectivity index (χ3n) is 5.74. The summed E-state index contributed by atoms with van der Waals surface area (Å²) in [6, 6.07) is 0.422. The van der Waals surface area contributed by atoms with E-state index in [0.29, 0.717) is 34.1 Å². The van der Waals surface area contributed by atoms with Gasteiger partial charge in [0, 0.05) is 19.3 Å². The first-order valence-corrected chi connectivity index (χ1v) is 9.75. The summed E-state index contributed by atoms with van der Waals surface area (Å²) in [7, 11) is 1.92. The molecule has 7 nitrogen and oxygen atoms in total. The van der Waals surface area contributed by atoms with Crippen LogP contribution in [0.1, 0.15) is 38.5 Å². The lowest BCUT2D eigenvalue weighted by atomic mass is 9.67. The first-order chi connectivity index (χ1) is 12.6. The molecule has 8 heteroatoms. The van der Waals surface area contributed by atoms with Crippen molar-refractivity contribution in [3.8, 4) is 0 Å². The zero-order chi connectivity index (χ0) is 18.0. The quantitative estimate of drug-likeness (QED) is 0.760. The summed E-state index contributed by atoms with van der Waals surface area (Å²) in [5, 5.41) is 10.7. The fourth-order valence-corrected chi connectivity index (χ4v) is 4.29. The van der Waals surface area contributed by atoms with Gasteiger partial charge in [-0.05, 0) is 57.0 Å². The number of hydrogen-bond acceptors (Lipinski definition) is 6. The molecule has 3 N–H and O–H groups in total. The van der Waals surface area contributed by atoms with Crippen LogP contribution in [0.25, 0.3) is 0 Å². The predicted molar refractivity (Wildman–Crippen MR) is 104 cm³/mol. The van der Waals surface area contributed by atoms with Crippen molar-refractivity contribution in [3.05, 3.63) is 23.7 Å². The van der Waals surface area contributed by atoms with E-state index in [2.05, 4.69) is 30.9 Å². The molecule has 1 aliphatic heterocycles. The van der Waals surface area contributed by atoms with Gasteiger partial charge in [0.05, 0.1) is 12.5 Å². The maximum absolute atomic E-state index is 6.32. The van der Waals surface area contributed by atoms with Crippen LogP contribution in [-0.4, -0.2) is 38.7 Å². The minimum Gasteiger partial charge on any atom is -0.366 e. The third-order valence-corrected chi connectivity index (χ3v) is 6.02. The second-order valence-corrected chi connectivity index (χ2v) is 8.02. The van der Waals surface area contributed by atoms with Crippen molar-refractivity contribution in [2.75, 3.05) is 23.7 Å². The highest BCUT2D eigenvalue weighted by molar-refractivity contribution is 6.32. The Bertz CT molecular complexity index is 744. The van der Waals surface area contributed by atoms with Crippen LogP contribution in [0.3, 0.4) is 0 Å². The van der Waals surface area contributed by atoms with Crippen LogP contribution in [-0.2, 0) is 7.05 Å². The van der Waals surface area contributed by atoms with Gasteiger partial charge in [-0.15, -0.1) is 0 Å². The summed E-state index contributed by atoms with van der Waals surface area (Å²) >= 11 is 6.32. The first-order valence-electron chi connectivity index (χ1n) is 9.37. The highest BCUT2D eigenvalue weighted by Gasteiger charge is 2.36. The summed E-state index contributed by atoms with van der Waals surface area (Å²) in [6.45, 7) is 2.33. The second kappa shape index (κ2) is 7.40. The lowest BCUT2D eigenvalue weighted by molar-refractivity contribution is 0.128. The van der Waals surface area contributed by atoms with Crippen LogP contribution in [0.5, 0.6) is 0 Å². The Morgan fingerprint density at radius 1 is 1.19 bits per heavy atom. The van der Waals surface area contributed by atoms with Crippen molar-refractivity contribution in [2.24, 2.45) is 12.5 Å². The molecule has 0 aromatic carbocycles. The summed E-state index contributed by atoms with van der Waals surface area (Å²) in [5.41, 5.74) is 0.560. The molecule has 1 saturated heterocycles.